The molecule has 0 aromatic heterocycles. The van der Waals surface area contributed by atoms with E-state index in [1.807, 2.05) is 6.07 Å². The van der Waals surface area contributed by atoms with Gasteiger partial charge in [-0.1, -0.05) is 13.8 Å². The molecule has 0 heterocycles. The summed E-state index contributed by atoms with van der Waals surface area (Å²) >= 11 is 0. The summed E-state index contributed by atoms with van der Waals surface area (Å²) < 4.78 is 27.9. The lowest BCUT2D eigenvalue weighted by Crippen LogP contribution is -2.35. The van der Waals surface area contributed by atoms with Crippen LogP contribution in [0.25, 0.3) is 0 Å². The van der Waals surface area contributed by atoms with Crippen LogP contribution in [0.5, 0.6) is 0 Å². The Bertz CT molecular complexity index is 252. The normalized spacial score (nSPS) is 12.6. The molecule has 1 amide bonds. The van der Waals surface area contributed by atoms with Crippen LogP contribution >= 0.6 is 0 Å². The van der Waals surface area contributed by atoms with Crippen LogP contribution in [0, 0.1) is 23.2 Å². The standard InChI is InChI=1S/C10H16F2N2O2/c1-7(2)8(5-13)10(15)14-3-4-16-6-9(11)12/h7-9H,3-4,6H2,1-2H3,(H,14,15). The average Bonchev–Trinajstić information content (AvgIpc) is 2.17. The number of amides is 1. The molecule has 4 nitrogen and oxygen atoms in total. The highest BCUT2D eigenvalue weighted by Crippen LogP contribution is 2.08. The number of nitrogens with zero attached hydrogens (tertiary/aromatic N) is 1. The first-order valence-electron chi connectivity index (χ1n) is 5.02. The third-order valence-electron chi connectivity index (χ3n) is 1.88. The minimum atomic E-state index is -2.50. The molecular weight excluding hydrogens is 218 g/mol. The molecule has 92 valence electrons. The van der Waals surface area contributed by atoms with Crippen LogP contribution in [0.2, 0.25) is 0 Å². The van der Waals surface area contributed by atoms with Crippen molar-refractivity contribution < 1.29 is 18.3 Å². The van der Waals surface area contributed by atoms with Gasteiger partial charge in [0.25, 0.3) is 6.43 Å². The molecule has 0 aliphatic rings. The van der Waals surface area contributed by atoms with Crippen molar-refractivity contribution in [3.63, 3.8) is 0 Å². The third-order valence-corrected chi connectivity index (χ3v) is 1.88. The fourth-order valence-corrected chi connectivity index (χ4v) is 1.04. The van der Waals surface area contributed by atoms with Crippen LogP contribution in [-0.4, -0.2) is 32.1 Å². The predicted octanol–water partition coefficient (Wildman–Crippen LogP) is 1.18. The molecule has 0 bridgehead atoms. The Kier molecular flexibility index (Phi) is 7.38. The predicted molar refractivity (Wildman–Crippen MR) is 53.8 cm³/mol. The van der Waals surface area contributed by atoms with E-state index < -0.39 is 24.9 Å². The van der Waals surface area contributed by atoms with Crippen LogP contribution in [0.4, 0.5) is 8.78 Å². The SMILES string of the molecule is CC(C)C(C#N)C(=O)NCCOCC(F)F. The maximum Gasteiger partial charge on any atom is 0.261 e. The maximum atomic E-state index is 11.7. The van der Waals surface area contributed by atoms with Gasteiger partial charge in [-0.2, -0.15) is 5.26 Å². The molecule has 1 N–H and O–H groups in total. The molecule has 6 heteroatoms. The van der Waals surface area contributed by atoms with Gasteiger partial charge in [0.2, 0.25) is 5.91 Å². The van der Waals surface area contributed by atoms with Crippen molar-refractivity contribution in [1.29, 1.82) is 5.26 Å². The summed E-state index contributed by atoms with van der Waals surface area (Å²) in [4.78, 5) is 11.4. The van der Waals surface area contributed by atoms with Crippen LogP contribution in [0.1, 0.15) is 13.8 Å². The minimum Gasteiger partial charge on any atom is -0.374 e. The summed E-state index contributed by atoms with van der Waals surface area (Å²) in [5.74, 6) is -1.18. The van der Waals surface area contributed by atoms with E-state index in [2.05, 4.69) is 10.1 Å². The number of carbonyl (C=O) groups is 1. The Morgan fingerprint density at radius 2 is 2.12 bits per heavy atom. The zero-order valence-corrected chi connectivity index (χ0v) is 9.37. The van der Waals surface area contributed by atoms with Crippen LogP contribution in [0.15, 0.2) is 0 Å². The average molecular weight is 234 g/mol. The molecule has 0 aromatic rings. The van der Waals surface area contributed by atoms with Gasteiger partial charge in [-0.25, -0.2) is 8.78 Å². The summed E-state index contributed by atoms with van der Waals surface area (Å²) in [6.45, 7) is 3.05. The van der Waals surface area contributed by atoms with Crippen molar-refractivity contribution in [2.45, 2.75) is 20.3 Å². The van der Waals surface area contributed by atoms with E-state index >= 15 is 0 Å². The van der Waals surface area contributed by atoms with Crippen LogP contribution < -0.4 is 5.32 Å². The summed E-state index contributed by atoms with van der Waals surface area (Å²) in [5, 5.41) is 11.2. The monoisotopic (exact) mass is 234 g/mol. The van der Waals surface area contributed by atoms with Crippen molar-refractivity contribution in [1.82, 2.24) is 5.32 Å². The van der Waals surface area contributed by atoms with Gasteiger partial charge in [-0.15, -0.1) is 0 Å². The number of nitriles is 1. The molecule has 1 atom stereocenters. The molecule has 0 aliphatic heterocycles. The molecule has 0 saturated heterocycles. The topological polar surface area (TPSA) is 62.1 Å². The highest BCUT2D eigenvalue weighted by atomic mass is 19.3. The number of ether oxygens (including phenoxy) is 1. The van der Waals surface area contributed by atoms with Crippen molar-refractivity contribution in [2.24, 2.45) is 11.8 Å². The van der Waals surface area contributed by atoms with Crippen LogP contribution in [-0.2, 0) is 9.53 Å². The number of hydrogen-bond acceptors (Lipinski definition) is 3. The van der Waals surface area contributed by atoms with Gasteiger partial charge in [0.15, 0.2) is 0 Å². The van der Waals surface area contributed by atoms with Gasteiger partial charge < -0.3 is 10.1 Å². The second-order valence-electron chi connectivity index (χ2n) is 3.61. The number of halogens is 2. The van der Waals surface area contributed by atoms with E-state index in [4.69, 9.17) is 5.26 Å². The van der Waals surface area contributed by atoms with Gasteiger partial charge in [0.1, 0.15) is 12.5 Å². The molecule has 0 aliphatic carbocycles. The van der Waals surface area contributed by atoms with E-state index in [0.29, 0.717) is 0 Å². The smallest absolute Gasteiger partial charge is 0.261 e. The van der Waals surface area contributed by atoms with Crippen LogP contribution in [0.3, 0.4) is 0 Å². The van der Waals surface area contributed by atoms with Gasteiger partial charge in [-0.3, -0.25) is 4.79 Å². The minimum absolute atomic E-state index is 0.0202. The van der Waals surface area contributed by atoms with Crippen molar-refractivity contribution >= 4 is 5.91 Å². The third kappa shape index (κ3) is 6.30. The molecule has 0 rings (SSSR count). The fraction of sp³-hybridized carbons (Fsp3) is 0.800. The van der Waals surface area contributed by atoms with Gasteiger partial charge in [-0.05, 0) is 5.92 Å². The lowest BCUT2D eigenvalue weighted by atomic mass is 9.97. The van der Waals surface area contributed by atoms with Crippen molar-refractivity contribution in [3.05, 3.63) is 0 Å². The largest absolute Gasteiger partial charge is 0.374 e. The van der Waals surface area contributed by atoms with Gasteiger partial charge in [0, 0.05) is 6.54 Å². The van der Waals surface area contributed by atoms with Crippen molar-refractivity contribution in [3.8, 4) is 6.07 Å². The summed E-state index contributed by atoms with van der Waals surface area (Å²) in [6, 6.07) is 1.89. The Hall–Kier alpha value is -1.22. The summed E-state index contributed by atoms with van der Waals surface area (Å²) in [5.41, 5.74) is 0. The lowest BCUT2D eigenvalue weighted by molar-refractivity contribution is -0.124. The van der Waals surface area contributed by atoms with E-state index in [1.54, 1.807) is 13.8 Å². The van der Waals surface area contributed by atoms with E-state index in [1.165, 1.54) is 0 Å². The quantitative estimate of drug-likeness (QED) is 0.673. The lowest BCUT2D eigenvalue weighted by Gasteiger charge is -2.12. The molecule has 0 saturated carbocycles. The number of nitrogens with one attached hydrogen (secondary N) is 1. The molecule has 0 aromatic carbocycles. The van der Waals surface area contributed by atoms with Gasteiger partial charge in [0.05, 0.1) is 12.7 Å². The molecule has 1 unspecified atom stereocenters. The number of carbonyl (C=O) groups excluding carboxylic acids is 1. The first-order chi connectivity index (χ1) is 7.49. The summed E-state index contributed by atoms with van der Waals surface area (Å²) in [7, 11) is 0. The highest BCUT2D eigenvalue weighted by molar-refractivity contribution is 5.81. The number of alkyl halides is 2. The fourth-order valence-electron chi connectivity index (χ4n) is 1.04. The number of hydrogen-bond donors (Lipinski definition) is 1. The number of rotatable bonds is 7. The second-order valence-corrected chi connectivity index (χ2v) is 3.61. The molecule has 0 radical (unpaired) electrons. The molecule has 0 spiro atoms. The van der Waals surface area contributed by atoms with Crippen molar-refractivity contribution in [2.75, 3.05) is 19.8 Å². The summed E-state index contributed by atoms with van der Waals surface area (Å²) in [6.07, 6.45) is -2.50. The molecular formula is C10H16F2N2O2. The Morgan fingerprint density at radius 1 is 1.50 bits per heavy atom. The second kappa shape index (κ2) is 7.99. The zero-order valence-electron chi connectivity index (χ0n) is 9.37. The maximum absolute atomic E-state index is 11.7. The van der Waals surface area contributed by atoms with E-state index in [9.17, 15) is 13.6 Å². The highest BCUT2D eigenvalue weighted by Gasteiger charge is 2.20. The molecule has 16 heavy (non-hydrogen) atoms. The first kappa shape index (κ1) is 14.8. The molecule has 0 fully saturated rings. The Labute approximate surface area is 93.6 Å². The van der Waals surface area contributed by atoms with E-state index in [0.717, 1.165) is 0 Å². The van der Waals surface area contributed by atoms with E-state index in [-0.39, 0.29) is 19.1 Å². The van der Waals surface area contributed by atoms with Gasteiger partial charge >= 0.3 is 0 Å². The zero-order chi connectivity index (χ0) is 12.6. The Balaban J connectivity index is 3.69. The first-order valence-corrected chi connectivity index (χ1v) is 5.02. The Morgan fingerprint density at radius 3 is 2.56 bits per heavy atom.